The average molecular weight is 319 g/mol. The minimum atomic E-state index is 0.186. The molecule has 1 nitrogen and oxygen atoms in total. The Morgan fingerprint density at radius 3 is 2.42 bits per heavy atom. The van der Waals surface area contributed by atoms with E-state index in [1.54, 1.807) is 6.07 Å². The van der Waals surface area contributed by atoms with Gasteiger partial charge >= 0.3 is 0 Å². The van der Waals surface area contributed by atoms with Crippen molar-refractivity contribution in [2.24, 2.45) is 5.41 Å². The van der Waals surface area contributed by atoms with E-state index in [1.807, 2.05) is 12.1 Å². The normalized spacial score (nSPS) is 18.9. The molecule has 106 valence electrons. The lowest BCUT2D eigenvalue weighted by Gasteiger charge is -2.31. The highest BCUT2D eigenvalue weighted by Gasteiger charge is 2.30. The van der Waals surface area contributed by atoms with E-state index in [9.17, 15) is 0 Å². The van der Waals surface area contributed by atoms with Crippen LogP contribution in [0, 0.1) is 5.41 Å². The van der Waals surface area contributed by atoms with Crippen molar-refractivity contribution in [3.05, 3.63) is 28.2 Å². The molecule has 4 heteroatoms. The van der Waals surface area contributed by atoms with Gasteiger partial charge in [-0.15, -0.1) is 0 Å². The molecule has 1 fully saturated rings. The minimum Gasteiger partial charge on any atom is -0.491 e. The predicted molar refractivity (Wildman–Crippen MR) is 85.9 cm³/mol. The van der Waals surface area contributed by atoms with Crippen molar-refractivity contribution in [3.63, 3.8) is 0 Å². The van der Waals surface area contributed by atoms with Crippen molar-refractivity contribution >= 4 is 35.8 Å². The Balaban J connectivity index is 2.04. The lowest BCUT2D eigenvalue weighted by Crippen LogP contribution is -2.30. The molecular weight excluding hydrogens is 299 g/mol. The number of thiol groups is 1. The van der Waals surface area contributed by atoms with E-state index >= 15 is 0 Å². The molecule has 0 heterocycles. The summed E-state index contributed by atoms with van der Waals surface area (Å²) in [5.41, 5.74) is 0.186. The summed E-state index contributed by atoms with van der Waals surface area (Å²) in [6.45, 7) is 0.677. The largest absolute Gasteiger partial charge is 0.491 e. The molecule has 0 aliphatic heterocycles. The fraction of sp³-hybridized carbons (Fsp3) is 0.600. The summed E-state index contributed by atoms with van der Waals surface area (Å²) in [5, 5.41) is 1.05. The van der Waals surface area contributed by atoms with Gasteiger partial charge in [0, 0.05) is 5.41 Å². The van der Waals surface area contributed by atoms with Crippen LogP contribution in [0.2, 0.25) is 10.0 Å². The highest BCUT2D eigenvalue weighted by atomic mass is 35.5. The summed E-state index contributed by atoms with van der Waals surface area (Å²) in [5.74, 6) is 1.55. The second-order valence-corrected chi connectivity index (χ2v) is 6.51. The van der Waals surface area contributed by atoms with Gasteiger partial charge in [-0.3, -0.25) is 0 Å². The molecule has 1 saturated carbocycles. The molecule has 0 radical (unpaired) electrons. The van der Waals surface area contributed by atoms with Crippen LogP contribution in [0.25, 0.3) is 0 Å². The van der Waals surface area contributed by atoms with Gasteiger partial charge in [-0.2, -0.15) is 12.6 Å². The van der Waals surface area contributed by atoms with E-state index in [2.05, 4.69) is 12.6 Å². The van der Waals surface area contributed by atoms with Gasteiger partial charge in [0.25, 0.3) is 0 Å². The third-order valence-corrected chi connectivity index (χ3v) is 5.42. The van der Waals surface area contributed by atoms with Crippen molar-refractivity contribution in [2.45, 2.75) is 38.5 Å². The van der Waals surface area contributed by atoms with E-state index in [1.165, 1.54) is 38.5 Å². The maximum absolute atomic E-state index is 6.16. The maximum Gasteiger partial charge on any atom is 0.139 e. The number of halogens is 2. The van der Waals surface area contributed by atoms with E-state index in [4.69, 9.17) is 27.9 Å². The number of benzene rings is 1. The summed E-state index contributed by atoms with van der Waals surface area (Å²) in [6, 6.07) is 5.51. The Hall–Kier alpha value is -0.0500. The van der Waals surface area contributed by atoms with Crippen LogP contribution in [0.5, 0.6) is 5.75 Å². The van der Waals surface area contributed by atoms with Crippen LogP contribution in [0.3, 0.4) is 0 Å². The first-order chi connectivity index (χ1) is 9.17. The van der Waals surface area contributed by atoms with Crippen LogP contribution in [0.15, 0.2) is 18.2 Å². The number of hydrogen-bond acceptors (Lipinski definition) is 2. The minimum absolute atomic E-state index is 0.186. The highest BCUT2D eigenvalue weighted by Crippen LogP contribution is 2.38. The summed E-state index contributed by atoms with van der Waals surface area (Å²) >= 11 is 16.7. The standard InChI is InChI=1S/C15H20Cl2OS/c16-12-6-5-7-13(14(12)17)18-10-15(11-19)8-3-1-2-4-9-15/h5-7,19H,1-4,8-11H2. The lowest BCUT2D eigenvalue weighted by atomic mass is 9.83. The molecule has 0 spiro atoms. The Labute approximate surface area is 131 Å². The average Bonchev–Trinajstić information content (AvgIpc) is 2.67. The van der Waals surface area contributed by atoms with Gasteiger partial charge in [-0.1, -0.05) is 55.0 Å². The van der Waals surface area contributed by atoms with Crippen molar-refractivity contribution in [2.75, 3.05) is 12.4 Å². The number of rotatable bonds is 4. The molecule has 0 aromatic heterocycles. The Kier molecular flexibility index (Phi) is 5.73. The molecule has 1 aliphatic rings. The summed E-state index contributed by atoms with van der Waals surface area (Å²) in [6.07, 6.45) is 7.57. The van der Waals surface area contributed by atoms with Gasteiger partial charge < -0.3 is 4.74 Å². The van der Waals surface area contributed by atoms with Crippen LogP contribution < -0.4 is 4.74 Å². The maximum atomic E-state index is 6.16. The van der Waals surface area contributed by atoms with Crippen molar-refractivity contribution in [3.8, 4) is 5.75 Å². The van der Waals surface area contributed by atoms with E-state index < -0.39 is 0 Å². The third-order valence-electron chi connectivity index (χ3n) is 3.95. The first-order valence-corrected chi connectivity index (χ1v) is 8.23. The first-order valence-electron chi connectivity index (χ1n) is 6.85. The first kappa shape index (κ1) is 15.3. The zero-order chi connectivity index (χ0) is 13.7. The highest BCUT2D eigenvalue weighted by molar-refractivity contribution is 7.80. The second kappa shape index (κ2) is 7.10. The molecule has 0 unspecified atom stereocenters. The van der Waals surface area contributed by atoms with E-state index in [-0.39, 0.29) is 5.41 Å². The molecule has 0 saturated heterocycles. The predicted octanol–water partition coefficient (Wildman–Crippen LogP) is 5.64. The van der Waals surface area contributed by atoms with Gasteiger partial charge in [-0.05, 0) is 30.7 Å². The van der Waals surface area contributed by atoms with Gasteiger partial charge in [0.15, 0.2) is 0 Å². The van der Waals surface area contributed by atoms with Crippen molar-refractivity contribution in [1.82, 2.24) is 0 Å². The van der Waals surface area contributed by atoms with Crippen molar-refractivity contribution in [1.29, 1.82) is 0 Å². The monoisotopic (exact) mass is 318 g/mol. The molecule has 0 N–H and O–H groups in total. The fourth-order valence-electron chi connectivity index (χ4n) is 2.65. The molecule has 1 aliphatic carbocycles. The quantitative estimate of drug-likeness (QED) is 0.558. The molecular formula is C15H20Cl2OS. The van der Waals surface area contributed by atoms with Gasteiger partial charge in [0.1, 0.15) is 10.8 Å². The fourth-order valence-corrected chi connectivity index (χ4v) is 3.41. The van der Waals surface area contributed by atoms with Crippen LogP contribution in [-0.4, -0.2) is 12.4 Å². The van der Waals surface area contributed by atoms with Gasteiger partial charge in [0.2, 0.25) is 0 Å². The van der Waals surface area contributed by atoms with Crippen LogP contribution in [0.1, 0.15) is 38.5 Å². The van der Waals surface area contributed by atoms with Gasteiger partial charge in [0.05, 0.1) is 11.6 Å². The van der Waals surface area contributed by atoms with E-state index in [0.29, 0.717) is 22.4 Å². The molecule has 1 aromatic rings. The molecule has 0 bridgehead atoms. The summed E-state index contributed by atoms with van der Waals surface area (Å²) in [4.78, 5) is 0. The molecule has 2 rings (SSSR count). The van der Waals surface area contributed by atoms with Crippen LogP contribution in [0.4, 0.5) is 0 Å². The second-order valence-electron chi connectivity index (χ2n) is 5.41. The SMILES string of the molecule is SCC1(COc2cccc(Cl)c2Cl)CCCCCC1. The third kappa shape index (κ3) is 3.96. The topological polar surface area (TPSA) is 9.23 Å². The smallest absolute Gasteiger partial charge is 0.139 e. The molecule has 19 heavy (non-hydrogen) atoms. The summed E-state index contributed by atoms with van der Waals surface area (Å²) in [7, 11) is 0. The van der Waals surface area contributed by atoms with Crippen molar-refractivity contribution < 1.29 is 4.74 Å². The number of ether oxygens (including phenoxy) is 1. The molecule has 0 amide bonds. The molecule has 0 atom stereocenters. The van der Waals surface area contributed by atoms with Crippen LogP contribution >= 0.6 is 35.8 Å². The zero-order valence-electron chi connectivity index (χ0n) is 11.0. The van der Waals surface area contributed by atoms with Crippen LogP contribution in [-0.2, 0) is 0 Å². The Morgan fingerprint density at radius 1 is 1.11 bits per heavy atom. The Bertz CT molecular complexity index is 415. The zero-order valence-corrected chi connectivity index (χ0v) is 13.4. The van der Waals surface area contributed by atoms with E-state index in [0.717, 1.165) is 5.75 Å². The Morgan fingerprint density at radius 2 is 1.79 bits per heavy atom. The summed E-state index contributed by atoms with van der Waals surface area (Å²) < 4.78 is 5.94. The lowest BCUT2D eigenvalue weighted by molar-refractivity contribution is 0.148. The number of hydrogen-bond donors (Lipinski definition) is 1. The van der Waals surface area contributed by atoms with Gasteiger partial charge in [-0.25, -0.2) is 0 Å². The molecule has 1 aromatic carbocycles.